The van der Waals surface area contributed by atoms with Crippen molar-refractivity contribution in [3.05, 3.63) is 99.5 Å². The van der Waals surface area contributed by atoms with E-state index in [1.165, 1.54) is 10.6 Å². The van der Waals surface area contributed by atoms with Crippen molar-refractivity contribution in [2.45, 2.75) is 70.5 Å². The number of anilines is 1. The molecule has 1 aliphatic carbocycles. The Hall–Kier alpha value is -3.07. The van der Waals surface area contributed by atoms with Gasteiger partial charge in [0.1, 0.15) is 6.04 Å². The van der Waals surface area contributed by atoms with Crippen molar-refractivity contribution in [2.24, 2.45) is 0 Å². The smallest absolute Gasteiger partial charge is 0.243 e. The maximum Gasteiger partial charge on any atom is 0.243 e. The summed E-state index contributed by atoms with van der Waals surface area (Å²) in [6.07, 6.45) is 5.78. The van der Waals surface area contributed by atoms with E-state index in [2.05, 4.69) is 5.32 Å². The maximum absolute atomic E-state index is 14.0. The zero-order valence-electron chi connectivity index (χ0n) is 24.6. The Bertz CT molecular complexity index is 1510. The fourth-order valence-corrected chi connectivity index (χ4v) is 7.07. The molecule has 2 amide bonds. The number of rotatable bonds is 13. The molecular formula is C33H39Cl2N3O4S. The van der Waals surface area contributed by atoms with Gasteiger partial charge in [-0.1, -0.05) is 90.6 Å². The fourth-order valence-electron chi connectivity index (χ4n) is 5.58. The van der Waals surface area contributed by atoms with Gasteiger partial charge in [0.25, 0.3) is 0 Å². The Labute approximate surface area is 265 Å². The molecule has 0 heterocycles. The van der Waals surface area contributed by atoms with E-state index in [-0.39, 0.29) is 43.8 Å². The normalized spacial score (nSPS) is 14.3. The largest absolute Gasteiger partial charge is 0.352 e. The van der Waals surface area contributed by atoms with Crippen molar-refractivity contribution < 1.29 is 18.0 Å². The van der Waals surface area contributed by atoms with Gasteiger partial charge in [-0.15, -0.1) is 0 Å². The van der Waals surface area contributed by atoms with Crippen LogP contribution >= 0.6 is 23.2 Å². The first-order chi connectivity index (χ1) is 20.5. The first kappa shape index (κ1) is 32.8. The van der Waals surface area contributed by atoms with Crippen LogP contribution in [0.4, 0.5) is 5.69 Å². The Morgan fingerprint density at radius 1 is 0.977 bits per heavy atom. The highest BCUT2D eigenvalue weighted by Crippen LogP contribution is 2.26. The zero-order valence-corrected chi connectivity index (χ0v) is 27.0. The molecule has 1 saturated carbocycles. The number of halogens is 2. The van der Waals surface area contributed by atoms with E-state index in [0.29, 0.717) is 27.7 Å². The molecule has 3 aromatic carbocycles. The van der Waals surface area contributed by atoms with Gasteiger partial charge in [-0.05, 0) is 61.1 Å². The summed E-state index contributed by atoms with van der Waals surface area (Å²) in [5, 5.41) is 4.07. The van der Waals surface area contributed by atoms with Crippen molar-refractivity contribution in [3.63, 3.8) is 0 Å². The lowest BCUT2D eigenvalue weighted by molar-refractivity contribution is -0.141. The standard InChI is InChI=1S/C33H39Cl2N3O4S/c1-24-11-6-9-16-30(24)38(43(2,41)42)20-10-17-32(39)37(23-26-18-19-27(34)22-29(26)35)31(21-25-12-4-3-5-13-25)33(40)36-28-14-7-8-15-28/h3-6,9,11-13,16,18-19,22,28,31H,7-8,10,14-15,17,20-21,23H2,1-2H3,(H,36,40)/t31-/m0/s1. The molecule has 7 nitrogen and oxygen atoms in total. The van der Waals surface area contributed by atoms with Gasteiger partial charge in [-0.3, -0.25) is 13.9 Å². The highest BCUT2D eigenvalue weighted by atomic mass is 35.5. The molecule has 230 valence electrons. The van der Waals surface area contributed by atoms with Gasteiger partial charge in [0.15, 0.2) is 0 Å². The number of para-hydroxylation sites is 1. The van der Waals surface area contributed by atoms with E-state index in [1.54, 1.807) is 35.2 Å². The molecule has 3 aromatic rings. The third-order valence-corrected chi connectivity index (χ3v) is 9.63. The summed E-state index contributed by atoms with van der Waals surface area (Å²) in [7, 11) is -3.59. The quantitative estimate of drug-likeness (QED) is 0.229. The van der Waals surface area contributed by atoms with E-state index in [1.807, 2.05) is 49.4 Å². The number of benzene rings is 3. The summed E-state index contributed by atoms with van der Waals surface area (Å²) in [6.45, 7) is 2.09. The topological polar surface area (TPSA) is 86.8 Å². The molecule has 0 saturated heterocycles. The summed E-state index contributed by atoms with van der Waals surface area (Å²) < 4.78 is 26.8. The first-order valence-corrected chi connectivity index (χ1v) is 17.2. The van der Waals surface area contributed by atoms with Crippen LogP contribution in [0.5, 0.6) is 0 Å². The van der Waals surface area contributed by atoms with Crippen LogP contribution in [-0.4, -0.2) is 50.0 Å². The van der Waals surface area contributed by atoms with Crippen LogP contribution in [0.15, 0.2) is 72.8 Å². The molecule has 0 aromatic heterocycles. The lowest BCUT2D eigenvalue weighted by atomic mass is 10.0. The molecule has 0 radical (unpaired) electrons. The van der Waals surface area contributed by atoms with Crippen molar-refractivity contribution in [3.8, 4) is 0 Å². The summed E-state index contributed by atoms with van der Waals surface area (Å²) in [5.74, 6) is -0.460. The fraction of sp³-hybridized carbons (Fsp3) is 0.394. The number of hydrogen-bond acceptors (Lipinski definition) is 4. The third-order valence-electron chi connectivity index (χ3n) is 7.86. The van der Waals surface area contributed by atoms with Crippen LogP contribution in [0, 0.1) is 6.92 Å². The van der Waals surface area contributed by atoms with Crippen molar-refractivity contribution >= 4 is 50.7 Å². The molecule has 0 bridgehead atoms. The first-order valence-electron chi connectivity index (χ1n) is 14.6. The number of hydrogen-bond donors (Lipinski definition) is 1. The maximum atomic E-state index is 14.0. The molecule has 4 rings (SSSR count). The van der Waals surface area contributed by atoms with E-state index < -0.39 is 16.1 Å². The number of nitrogens with one attached hydrogen (secondary N) is 1. The van der Waals surface area contributed by atoms with Gasteiger partial charge in [0, 0.05) is 42.0 Å². The average Bonchev–Trinajstić information content (AvgIpc) is 3.47. The minimum Gasteiger partial charge on any atom is -0.352 e. The number of sulfonamides is 1. The van der Waals surface area contributed by atoms with Crippen LogP contribution in [0.1, 0.15) is 55.2 Å². The Morgan fingerprint density at radius 3 is 2.30 bits per heavy atom. The second-order valence-corrected chi connectivity index (χ2v) is 13.9. The average molecular weight is 645 g/mol. The molecule has 0 aliphatic heterocycles. The predicted molar refractivity (Wildman–Crippen MR) is 174 cm³/mol. The third kappa shape index (κ3) is 9.21. The monoisotopic (exact) mass is 643 g/mol. The number of carbonyl (C=O) groups is 2. The number of nitrogens with zero attached hydrogens (tertiary/aromatic N) is 2. The van der Waals surface area contributed by atoms with E-state index in [4.69, 9.17) is 23.2 Å². The van der Waals surface area contributed by atoms with E-state index in [0.717, 1.165) is 36.8 Å². The van der Waals surface area contributed by atoms with Crippen LogP contribution in [-0.2, 0) is 32.6 Å². The van der Waals surface area contributed by atoms with Crippen LogP contribution in [0.2, 0.25) is 10.0 Å². The predicted octanol–water partition coefficient (Wildman–Crippen LogP) is 6.55. The number of aryl methyl sites for hydroxylation is 1. The van der Waals surface area contributed by atoms with Crippen molar-refractivity contribution in [1.29, 1.82) is 0 Å². The molecule has 0 unspecified atom stereocenters. The minimum absolute atomic E-state index is 0.0467. The van der Waals surface area contributed by atoms with Gasteiger partial charge in [0.2, 0.25) is 21.8 Å². The molecule has 43 heavy (non-hydrogen) atoms. The van der Waals surface area contributed by atoms with E-state index >= 15 is 0 Å². The molecule has 0 spiro atoms. The summed E-state index contributed by atoms with van der Waals surface area (Å²) in [5.41, 5.74) is 3.01. The highest BCUT2D eigenvalue weighted by molar-refractivity contribution is 7.92. The van der Waals surface area contributed by atoms with Gasteiger partial charge in [0.05, 0.1) is 11.9 Å². The van der Waals surface area contributed by atoms with Gasteiger partial charge in [-0.25, -0.2) is 8.42 Å². The number of carbonyl (C=O) groups excluding carboxylic acids is 2. The van der Waals surface area contributed by atoms with Gasteiger partial charge >= 0.3 is 0 Å². The lowest BCUT2D eigenvalue weighted by Crippen LogP contribution is -2.52. The molecule has 10 heteroatoms. The molecular weight excluding hydrogens is 605 g/mol. The SMILES string of the molecule is Cc1ccccc1N(CCCC(=O)N(Cc1ccc(Cl)cc1Cl)[C@@H](Cc1ccccc1)C(=O)NC1CCCC1)S(C)(=O)=O. The highest BCUT2D eigenvalue weighted by Gasteiger charge is 2.32. The van der Waals surface area contributed by atoms with Gasteiger partial charge < -0.3 is 10.2 Å². The lowest BCUT2D eigenvalue weighted by Gasteiger charge is -2.33. The van der Waals surface area contributed by atoms with E-state index in [9.17, 15) is 18.0 Å². The summed E-state index contributed by atoms with van der Waals surface area (Å²) >= 11 is 12.7. The van der Waals surface area contributed by atoms with Crippen molar-refractivity contribution in [2.75, 3.05) is 17.1 Å². The van der Waals surface area contributed by atoms with Gasteiger partial charge in [-0.2, -0.15) is 0 Å². The Balaban J connectivity index is 1.61. The van der Waals surface area contributed by atoms with Crippen LogP contribution in [0.25, 0.3) is 0 Å². The second kappa shape index (κ2) is 15.1. The Morgan fingerprint density at radius 2 is 1.65 bits per heavy atom. The van der Waals surface area contributed by atoms with Crippen LogP contribution in [0.3, 0.4) is 0 Å². The molecule has 1 aliphatic rings. The van der Waals surface area contributed by atoms with Crippen molar-refractivity contribution in [1.82, 2.24) is 10.2 Å². The Kier molecular flexibility index (Phi) is 11.5. The molecule has 1 fully saturated rings. The second-order valence-electron chi connectivity index (χ2n) is 11.2. The zero-order chi connectivity index (χ0) is 31.0. The molecule has 1 N–H and O–H groups in total. The van der Waals surface area contributed by atoms with Crippen LogP contribution < -0.4 is 9.62 Å². The summed E-state index contributed by atoms with van der Waals surface area (Å²) in [4.78, 5) is 29.5. The summed E-state index contributed by atoms with van der Waals surface area (Å²) in [6, 6.07) is 21.3. The number of amides is 2. The molecule has 1 atom stereocenters. The minimum atomic E-state index is -3.59.